The molecule has 2 rings (SSSR count). The number of benzene rings is 2. The molecule has 2 aromatic rings. The number of nitriles is 1. The van der Waals surface area contributed by atoms with Gasteiger partial charge in [-0.3, -0.25) is 19.7 Å². The number of rotatable bonds is 6. The number of non-ortho nitro benzene ring substituents is 1. The Morgan fingerprint density at radius 3 is 2.35 bits per heavy atom. The number of hydrogen-bond acceptors (Lipinski definition) is 5. The van der Waals surface area contributed by atoms with E-state index < -0.39 is 16.9 Å². The number of carbonyl (C=O) groups excluding carboxylic acids is 2. The molecule has 0 aliphatic rings. The van der Waals surface area contributed by atoms with Gasteiger partial charge in [-0.05, 0) is 37.3 Å². The van der Waals surface area contributed by atoms with Crippen LogP contribution in [0.4, 0.5) is 5.69 Å². The van der Waals surface area contributed by atoms with Crippen LogP contribution in [0, 0.1) is 27.4 Å². The molecule has 2 atom stereocenters. The summed E-state index contributed by atoms with van der Waals surface area (Å²) in [6.07, 6.45) is 0. The molecule has 132 valence electrons. The van der Waals surface area contributed by atoms with Crippen molar-refractivity contribution in [2.24, 2.45) is 5.92 Å². The quantitative estimate of drug-likeness (QED) is 0.488. The van der Waals surface area contributed by atoms with Gasteiger partial charge in [-0.25, -0.2) is 0 Å². The van der Waals surface area contributed by atoms with E-state index in [1.807, 2.05) is 6.07 Å². The van der Waals surface area contributed by atoms with Gasteiger partial charge in [0.1, 0.15) is 0 Å². The fraction of sp³-hybridized carbons (Fsp3) is 0.211. The van der Waals surface area contributed by atoms with Crippen LogP contribution in [0.2, 0.25) is 0 Å². The minimum Gasteiger partial charge on any atom is -0.349 e. The van der Waals surface area contributed by atoms with E-state index in [4.69, 9.17) is 5.26 Å². The first-order valence-electron chi connectivity index (χ1n) is 7.93. The highest BCUT2D eigenvalue weighted by Gasteiger charge is 2.24. The Balaban J connectivity index is 2.07. The summed E-state index contributed by atoms with van der Waals surface area (Å²) in [6, 6.07) is 13.1. The summed E-state index contributed by atoms with van der Waals surface area (Å²) in [5.74, 6) is -1.13. The molecule has 1 N–H and O–H groups in total. The van der Waals surface area contributed by atoms with Gasteiger partial charge in [0.2, 0.25) is 0 Å². The average Bonchev–Trinajstić information content (AvgIpc) is 2.66. The van der Waals surface area contributed by atoms with E-state index in [0.29, 0.717) is 16.7 Å². The zero-order valence-electron chi connectivity index (χ0n) is 14.3. The number of amides is 1. The van der Waals surface area contributed by atoms with E-state index in [2.05, 4.69) is 5.32 Å². The van der Waals surface area contributed by atoms with E-state index in [0.717, 1.165) is 0 Å². The van der Waals surface area contributed by atoms with Gasteiger partial charge in [0.25, 0.3) is 11.6 Å². The number of ketones is 1. The third kappa shape index (κ3) is 4.30. The molecule has 7 heteroatoms. The number of nitro benzene ring substituents is 1. The molecule has 7 nitrogen and oxygen atoms in total. The normalized spacial score (nSPS) is 12.5. The molecule has 0 fully saturated rings. The van der Waals surface area contributed by atoms with Crippen molar-refractivity contribution in [3.8, 4) is 6.07 Å². The molecule has 0 bridgehead atoms. The second kappa shape index (κ2) is 8.03. The second-order valence-corrected chi connectivity index (χ2v) is 5.91. The summed E-state index contributed by atoms with van der Waals surface area (Å²) in [7, 11) is 0. The van der Waals surface area contributed by atoms with Crippen LogP contribution in [0.15, 0.2) is 48.5 Å². The van der Waals surface area contributed by atoms with Gasteiger partial charge >= 0.3 is 0 Å². The largest absolute Gasteiger partial charge is 0.349 e. The van der Waals surface area contributed by atoms with Crippen molar-refractivity contribution in [3.05, 3.63) is 75.3 Å². The summed E-state index contributed by atoms with van der Waals surface area (Å²) >= 11 is 0. The standard InChI is InChI=1S/C19H17N3O4/c1-12(18(23)15-6-8-17(9-7-15)22(25)26)13(2)21-19(24)16-5-3-4-14(10-16)11-20/h3-10,12-13H,1-2H3,(H,21,24). The first-order valence-corrected chi connectivity index (χ1v) is 7.93. The zero-order valence-corrected chi connectivity index (χ0v) is 14.3. The molecule has 0 aliphatic carbocycles. The molecule has 0 spiro atoms. The number of carbonyl (C=O) groups is 2. The van der Waals surface area contributed by atoms with Crippen LogP contribution in [0.3, 0.4) is 0 Å². The van der Waals surface area contributed by atoms with E-state index in [9.17, 15) is 19.7 Å². The smallest absolute Gasteiger partial charge is 0.269 e. The van der Waals surface area contributed by atoms with Gasteiger partial charge in [0, 0.05) is 35.2 Å². The van der Waals surface area contributed by atoms with Gasteiger partial charge in [-0.15, -0.1) is 0 Å². The highest BCUT2D eigenvalue weighted by molar-refractivity contribution is 5.99. The van der Waals surface area contributed by atoms with Crippen LogP contribution in [0.25, 0.3) is 0 Å². The van der Waals surface area contributed by atoms with Gasteiger partial charge in [0.15, 0.2) is 5.78 Å². The van der Waals surface area contributed by atoms with E-state index >= 15 is 0 Å². The fourth-order valence-electron chi connectivity index (χ4n) is 2.38. The Morgan fingerprint density at radius 2 is 1.77 bits per heavy atom. The van der Waals surface area contributed by atoms with Crippen molar-refractivity contribution in [1.82, 2.24) is 5.32 Å². The van der Waals surface area contributed by atoms with Crippen molar-refractivity contribution >= 4 is 17.4 Å². The maximum Gasteiger partial charge on any atom is 0.269 e. The fourth-order valence-corrected chi connectivity index (χ4v) is 2.38. The van der Waals surface area contributed by atoms with E-state index in [1.54, 1.807) is 32.0 Å². The topological polar surface area (TPSA) is 113 Å². The Morgan fingerprint density at radius 1 is 1.12 bits per heavy atom. The molecule has 2 aromatic carbocycles. The van der Waals surface area contributed by atoms with Crippen LogP contribution in [-0.4, -0.2) is 22.7 Å². The molecule has 26 heavy (non-hydrogen) atoms. The summed E-state index contributed by atoms with van der Waals surface area (Å²) < 4.78 is 0. The van der Waals surface area contributed by atoms with Gasteiger partial charge in [-0.2, -0.15) is 5.26 Å². The molecule has 0 radical (unpaired) electrons. The molecular weight excluding hydrogens is 334 g/mol. The van der Waals surface area contributed by atoms with E-state index in [1.165, 1.54) is 30.3 Å². The highest BCUT2D eigenvalue weighted by Crippen LogP contribution is 2.17. The molecular formula is C19H17N3O4. The molecule has 0 saturated heterocycles. The third-order valence-electron chi connectivity index (χ3n) is 4.14. The highest BCUT2D eigenvalue weighted by atomic mass is 16.6. The number of nitrogens with one attached hydrogen (secondary N) is 1. The summed E-state index contributed by atoms with van der Waals surface area (Å²) in [5.41, 5.74) is 0.967. The van der Waals surface area contributed by atoms with Crippen LogP contribution in [-0.2, 0) is 0 Å². The van der Waals surface area contributed by atoms with Crippen LogP contribution in [0.1, 0.15) is 40.1 Å². The molecule has 1 amide bonds. The third-order valence-corrected chi connectivity index (χ3v) is 4.14. The predicted octanol–water partition coefficient (Wildman–Crippen LogP) is 3.10. The van der Waals surface area contributed by atoms with Crippen LogP contribution < -0.4 is 5.32 Å². The summed E-state index contributed by atoms with van der Waals surface area (Å²) in [4.78, 5) is 35.0. The maximum atomic E-state index is 12.5. The molecule has 0 saturated carbocycles. The lowest BCUT2D eigenvalue weighted by atomic mass is 9.93. The molecule has 0 aliphatic heterocycles. The maximum absolute atomic E-state index is 12.5. The first kappa shape index (κ1) is 18.8. The van der Waals surface area contributed by atoms with Gasteiger partial charge in [0.05, 0.1) is 16.6 Å². The SMILES string of the molecule is CC(NC(=O)c1cccc(C#N)c1)C(C)C(=O)c1ccc([N+](=O)[O-])cc1. The van der Waals surface area contributed by atoms with Crippen molar-refractivity contribution in [2.75, 3.05) is 0 Å². The zero-order chi connectivity index (χ0) is 19.3. The number of hydrogen-bond donors (Lipinski definition) is 1. The van der Waals surface area contributed by atoms with Crippen molar-refractivity contribution in [2.45, 2.75) is 19.9 Å². The lowest BCUT2D eigenvalue weighted by molar-refractivity contribution is -0.384. The minimum absolute atomic E-state index is 0.0899. The summed E-state index contributed by atoms with van der Waals surface area (Å²) in [5, 5.41) is 22.3. The van der Waals surface area contributed by atoms with Crippen molar-refractivity contribution in [3.63, 3.8) is 0 Å². The Kier molecular flexibility index (Phi) is 5.81. The van der Waals surface area contributed by atoms with Crippen molar-refractivity contribution < 1.29 is 14.5 Å². The molecule has 0 heterocycles. The molecule has 2 unspecified atom stereocenters. The minimum atomic E-state index is -0.532. The number of Topliss-reactive ketones (excluding diaryl/α,β-unsaturated/α-hetero) is 1. The Bertz CT molecular complexity index is 884. The Hall–Kier alpha value is -3.53. The second-order valence-electron chi connectivity index (χ2n) is 5.91. The van der Waals surface area contributed by atoms with Crippen LogP contribution >= 0.6 is 0 Å². The van der Waals surface area contributed by atoms with Crippen LogP contribution in [0.5, 0.6) is 0 Å². The first-order chi connectivity index (χ1) is 12.3. The predicted molar refractivity (Wildman–Crippen MR) is 94.7 cm³/mol. The average molecular weight is 351 g/mol. The monoisotopic (exact) mass is 351 g/mol. The lowest BCUT2D eigenvalue weighted by Crippen LogP contribution is -2.40. The van der Waals surface area contributed by atoms with E-state index in [-0.39, 0.29) is 17.4 Å². The number of nitrogens with zero attached hydrogens (tertiary/aromatic N) is 2. The lowest BCUT2D eigenvalue weighted by Gasteiger charge is -2.20. The van der Waals surface area contributed by atoms with Gasteiger partial charge < -0.3 is 5.32 Å². The summed E-state index contributed by atoms with van der Waals surface area (Å²) in [6.45, 7) is 3.39. The van der Waals surface area contributed by atoms with Crippen molar-refractivity contribution in [1.29, 1.82) is 5.26 Å². The number of nitro groups is 1. The Labute approximate surface area is 150 Å². The van der Waals surface area contributed by atoms with Gasteiger partial charge in [-0.1, -0.05) is 13.0 Å². The molecule has 0 aromatic heterocycles.